The molecule has 0 radical (unpaired) electrons. The number of carbonyl (C=O) groups excluding carboxylic acids is 2. The van der Waals surface area contributed by atoms with Crippen molar-refractivity contribution in [2.45, 2.75) is 31.6 Å². The fourth-order valence-corrected chi connectivity index (χ4v) is 3.64. The zero-order valence-corrected chi connectivity index (χ0v) is 17.8. The van der Waals surface area contributed by atoms with Crippen LogP contribution in [0.15, 0.2) is 47.4 Å². The van der Waals surface area contributed by atoms with Crippen molar-refractivity contribution in [1.82, 2.24) is 5.32 Å². The molecule has 2 aromatic carbocycles. The Balaban J connectivity index is 2.03. The summed E-state index contributed by atoms with van der Waals surface area (Å²) in [5, 5.41) is 13.5. The molecule has 166 valence electrons. The van der Waals surface area contributed by atoms with Gasteiger partial charge in [-0.3, -0.25) is 14.9 Å². The molecule has 31 heavy (non-hydrogen) atoms. The van der Waals surface area contributed by atoms with Crippen LogP contribution in [-0.2, 0) is 19.6 Å². The van der Waals surface area contributed by atoms with Gasteiger partial charge in [-0.25, -0.2) is 4.79 Å². The lowest BCUT2D eigenvalue weighted by atomic mass is 10.2. The fraction of sp³-hybridized carbons (Fsp3) is 0.300. The molecule has 2 aromatic rings. The molecule has 10 nitrogen and oxygen atoms in total. The van der Waals surface area contributed by atoms with Crippen LogP contribution in [0.2, 0.25) is 0 Å². The minimum absolute atomic E-state index is 0.0950. The minimum Gasteiger partial charge on any atom is -0.452 e. The van der Waals surface area contributed by atoms with Gasteiger partial charge in [0.2, 0.25) is 0 Å². The quantitative estimate of drug-likeness (QED) is 0.191. The molecule has 0 spiro atoms. The first kappa shape index (κ1) is 23.8. The lowest BCUT2D eigenvalue weighted by molar-refractivity contribution is -0.385. The number of nitro groups is 1. The number of unbranched alkanes of at least 4 members (excludes halogenated alkanes) is 1. The number of hydrogen-bond acceptors (Lipinski definition) is 8. The average molecular weight is 450 g/mol. The number of carbonyl (C=O) groups is 2. The van der Waals surface area contributed by atoms with Crippen molar-refractivity contribution in [2.24, 2.45) is 0 Å². The molecule has 0 aliphatic rings. The molecule has 0 aromatic heterocycles. The summed E-state index contributed by atoms with van der Waals surface area (Å²) < 4.78 is 35.0. The van der Waals surface area contributed by atoms with Crippen LogP contribution in [0.25, 0.3) is 0 Å². The normalized spacial score (nSPS) is 10.9. The van der Waals surface area contributed by atoms with Gasteiger partial charge in [0, 0.05) is 18.7 Å². The van der Waals surface area contributed by atoms with Gasteiger partial charge in [-0.2, -0.15) is 8.42 Å². The van der Waals surface area contributed by atoms with Crippen molar-refractivity contribution < 1.29 is 31.9 Å². The largest absolute Gasteiger partial charge is 0.452 e. The minimum atomic E-state index is -4.34. The molecule has 0 saturated carbocycles. The van der Waals surface area contributed by atoms with Crippen molar-refractivity contribution in [2.75, 3.05) is 13.2 Å². The van der Waals surface area contributed by atoms with Gasteiger partial charge in [-0.1, -0.05) is 19.4 Å². The van der Waals surface area contributed by atoms with E-state index in [4.69, 9.17) is 8.92 Å². The number of nitrogens with one attached hydrogen (secondary N) is 1. The number of benzene rings is 2. The maximum atomic E-state index is 12.5. The number of nitrogens with zero attached hydrogens (tertiary/aromatic N) is 1. The van der Waals surface area contributed by atoms with Crippen molar-refractivity contribution in [3.05, 3.63) is 63.7 Å². The smallest absolute Gasteiger partial charge is 0.339 e. The number of hydrogen-bond donors (Lipinski definition) is 1. The molecule has 0 aliphatic carbocycles. The molecule has 11 heteroatoms. The first-order valence-corrected chi connectivity index (χ1v) is 10.8. The highest BCUT2D eigenvalue weighted by atomic mass is 32.2. The third kappa shape index (κ3) is 6.78. The molecule has 0 heterocycles. The molecular formula is C20H22N2O8S. The summed E-state index contributed by atoms with van der Waals surface area (Å²) in [6, 6.07) is 8.46. The molecule has 1 amide bonds. The van der Waals surface area contributed by atoms with Crippen molar-refractivity contribution in [3.63, 3.8) is 0 Å². The van der Waals surface area contributed by atoms with Crippen LogP contribution in [0.4, 0.5) is 5.69 Å². The number of ether oxygens (including phenoxy) is 1. The number of esters is 1. The number of non-ortho nitro benzene ring substituents is 1. The van der Waals surface area contributed by atoms with Crippen molar-refractivity contribution in [3.8, 4) is 5.75 Å². The zero-order valence-electron chi connectivity index (χ0n) is 17.0. The molecule has 2 rings (SSSR count). The Bertz CT molecular complexity index is 1070. The molecule has 0 unspecified atom stereocenters. The van der Waals surface area contributed by atoms with Crippen molar-refractivity contribution in [1.29, 1.82) is 0 Å². The maximum absolute atomic E-state index is 12.5. The predicted octanol–water partition coefficient (Wildman–Crippen LogP) is 2.74. The van der Waals surface area contributed by atoms with Gasteiger partial charge < -0.3 is 14.2 Å². The van der Waals surface area contributed by atoms with E-state index in [0.29, 0.717) is 6.54 Å². The topological polar surface area (TPSA) is 142 Å². The van der Waals surface area contributed by atoms with Gasteiger partial charge in [0.15, 0.2) is 6.61 Å². The van der Waals surface area contributed by atoms with Crippen LogP contribution in [0.3, 0.4) is 0 Å². The standard InChI is InChI=1S/C20H22N2O8S/c1-3-4-11-21-19(23)13-29-20(24)15-6-9-17(10-7-15)30-31(27,28)18-12-16(22(25)26)8-5-14(18)2/h5-10,12H,3-4,11,13H2,1-2H3,(H,21,23). The maximum Gasteiger partial charge on any atom is 0.339 e. The average Bonchev–Trinajstić information content (AvgIpc) is 2.72. The van der Waals surface area contributed by atoms with E-state index in [1.807, 2.05) is 6.92 Å². The molecule has 0 aliphatic heterocycles. The number of rotatable bonds is 10. The third-order valence-corrected chi connectivity index (χ3v) is 5.53. The van der Waals surface area contributed by atoms with Crippen LogP contribution < -0.4 is 9.50 Å². The Morgan fingerprint density at radius 1 is 1.13 bits per heavy atom. The van der Waals surface area contributed by atoms with E-state index in [2.05, 4.69) is 5.32 Å². The third-order valence-electron chi connectivity index (χ3n) is 4.13. The second-order valence-electron chi connectivity index (χ2n) is 6.55. The molecule has 0 atom stereocenters. The zero-order chi connectivity index (χ0) is 23.0. The first-order chi connectivity index (χ1) is 14.6. The monoisotopic (exact) mass is 450 g/mol. The summed E-state index contributed by atoms with van der Waals surface area (Å²) in [6.07, 6.45) is 1.74. The van der Waals surface area contributed by atoms with Crippen LogP contribution in [0, 0.1) is 17.0 Å². The van der Waals surface area contributed by atoms with E-state index >= 15 is 0 Å². The molecule has 0 bridgehead atoms. The van der Waals surface area contributed by atoms with Gasteiger partial charge in [0.1, 0.15) is 10.6 Å². The summed E-state index contributed by atoms with van der Waals surface area (Å²) >= 11 is 0. The van der Waals surface area contributed by atoms with Gasteiger partial charge in [0.25, 0.3) is 11.6 Å². The van der Waals surface area contributed by atoms with Gasteiger partial charge >= 0.3 is 16.1 Å². The van der Waals surface area contributed by atoms with Crippen LogP contribution >= 0.6 is 0 Å². The Kier molecular flexibility index (Phi) is 8.08. The Hall–Kier alpha value is -3.47. The summed E-state index contributed by atoms with van der Waals surface area (Å²) in [7, 11) is -4.34. The Morgan fingerprint density at radius 2 is 1.81 bits per heavy atom. The van der Waals surface area contributed by atoms with E-state index in [1.54, 1.807) is 0 Å². The fourth-order valence-electron chi connectivity index (χ4n) is 2.46. The SMILES string of the molecule is CCCCNC(=O)COC(=O)c1ccc(OS(=O)(=O)c2cc([N+](=O)[O-])ccc2C)cc1. The van der Waals surface area contributed by atoms with Gasteiger partial charge in [0.05, 0.1) is 10.5 Å². The second-order valence-corrected chi connectivity index (χ2v) is 8.06. The van der Waals surface area contributed by atoms with E-state index in [1.165, 1.54) is 43.3 Å². The summed E-state index contributed by atoms with van der Waals surface area (Å²) in [4.78, 5) is 33.5. The predicted molar refractivity (Wildman–Crippen MR) is 110 cm³/mol. The van der Waals surface area contributed by atoms with Crippen LogP contribution in [0.5, 0.6) is 5.75 Å². The molecule has 1 N–H and O–H groups in total. The highest BCUT2D eigenvalue weighted by Crippen LogP contribution is 2.25. The van der Waals surface area contributed by atoms with Gasteiger partial charge in [-0.15, -0.1) is 0 Å². The number of nitro benzene ring substituents is 1. The van der Waals surface area contributed by atoms with E-state index in [-0.39, 0.29) is 27.5 Å². The first-order valence-electron chi connectivity index (χ1n) is 9.37. The number of amides is 1. The molecule has 0 fully saturated rings. The van der Waals surface area contributed by atoms with Crippen LogP contribution in [-0.4, -0.2) is 38.4 Å². The highest BCUT2D eigenvalue weighted by molar-refractivity contribution is 7.87. The van der Waals surface area contributed by atoms with E-state index in [9.17, 15) is 28.1 Å². The number of aryl methyl sites for hydroxylation is 1. The Morgan fingerprint density at radius 3 is 2.42 bits per heavy atom. The van der Waals surface area contributed by atoms with Crippen molar-refractivity contribution >= 4 is 27.7 Å². The molecule has 0 saturated heterocycles. The van der Waals surface area contributed by atoms with Crippen LogP contribution in [0.1, 0.15) is 35.7 Å². The summed E-state index contributed by atoms with van der Waals surface area (Å²) in [6.45, 7) is 3.53. The lowest BCUT2D eigenvalue weighted by Gasteiger charge is -2.10. The van der Waals surface area contributed by atoms with E-state index < -0.39 is 33.5 Å². The highest BCUT2D eigenvalue weighted by Gasteiger charge is 2.23. The Labute approximate surface area is 179 Å². The lowest BCUT2D eigenvalue weighted by Crippen LogP contribution is -2.29. The summed E-state index contributed by atoms with van der Waals surface area (Å²) in [5.74, 6) is -1.27. The molecular weight excluding hydrogens is 428 g/mol. The summed E-state index contributed by atoms with van der Waals surface area (Å²) in [5.41, 5.74) is -0.00903. The second kappa shape index (κ2) is 10.5. The van der Waals surface area contributed by atoms with E-state index in [0.717, 1.165) is 18.9 Å². The van der Waals surface area contributed by atoms with Gasteiger partial charge in [-0.05, 0) is 43.2 Å².